The van der Waals surface area contributed by atoms with E-state index in [0.29, 0.717) is 21.7 Å². The third kappa shape index (κ3) is 6.03. The summed E-state index contributed by atoms with van der Waals surface area (Å²) in [4.78, 5) is 14.8. The van der Waals surface area contributed by atoms with Crippen molar-refractivity contribution in [1.82, 2.24) is 24.1 Å². The molecular weight excluding hydrogens is 953 g/mol. The number of fused-ring (bicyclic) bond motifs is 15. The van der Waals surface area contributed by atoms with Gasteiger partial charge < -0.3 is 4.57 Å². The number of hydrogen-bond acceptors (Lipinski definition) is 4. The summed E-state index contributed by atoms with van der Waals surface area (Å²) in [7, 11) is -4.63. The van der Waals surface area contributed by atoms with Crippen LogP contribution in [-0.4, -0.2) is 32.3 Å². The maximum atomic E-state index is 11.2. The van der Waals surface area contributed by atoms with Gasteiger partial charge in [0.2, 0.25) is 11.9 Å². The molecule has 11 aromatic carbocycles. The standard InChI is InChI=1S/C70H46N6Si/c1-3-25-48(26-4-1)77(49-27-5-2-6-28-49,76-65-44-21-15-38-59(65)70(60-39-16-22-45-66(60)76)57-36-13-7-30-51(57)52-31-8-14-37-58(52)70)50-29-23-24-47(46-50)67-71-68(74-61-40-17-9-32-53(61)54-33-10-18-41-62(54)74)73-69(72-67)75-63-42-19-11-34-55(63)56-35-12-20-43-64(56)75/h1-46H/i9D,10D,11D,12D,17D,18D,19D,20D,23D,24D,29D,32D,33D,34D,35D,40D,41D,42D,43D,46D. The van der Waals surface area contributed by atoms with Gasteiger partial charge in [-0.1, -0.05) is 236 Å². The smallest absolute Gasteiger partial charge is 0.257 e. The van der Waals surface area contributed by atoms with E-state index in [1.165, 1.54) is 0 Å². The van der Waals surface area contributed by atoms with Crippen LogP contribution in [0.15, 0.2) is 279 Å². The largest absolute Gasteiger partial charge is 0.356 e. The molecule has 3 aromatic heterocycles. The fraction of sp³-hybridized carbons (Fsp3) is 0.0143. The highest BCUT2D eigenvalue weighted by Crippen LogP contribution is 2.62. The molecule has 0 saturated carbocycles. The molecule has 0 unspecified atom stereocenters. The minimum atomic E-state index is -4.63. The molecule has 0 saturated heterocycles. The van der Waals surface area contributed by atoms with Gasteiger partial charge in [0.1, 0.15) is 0 Å². The van der Waals surface area contributed by atoms with E-state index in [1.807, 2.05) is 121 Å². The van der Waals surface area contributed by atoms with Crippen LogP contribution < -0.4 is 20.1 Å². The van der Waals surface area contributed by atoms with Gasteiger partial charge in [0, 0.05) is 38.5 Å². The molecule has 14 aromatic rings. The van der Waals surface area contributed by atoms with E-state index in [-0.39, 0.29) is 5.19 Å². The maximum Gasteiger partial charge on any atom is 0.257 e. The van der Waals surface area contributed by atoms with Crippen LogP contribution >= 0.6 is 0 Å². The number of nitrogens with zero attached hydrogens (tertiary/aromatic N) is 6. The average molecular weight is 1020 g/mol. The number of rotatable bonds is 7. The molecule has 0 N–H and O–H groups in total. The van der Waals surface area contributed by atoms with Crippen molar-refractivity contribution in [2.45, 2.75) is 5.41 Å². The van der Waals surface area contributed by atoms with Gasteiger partial charge in [-0.05, 0) is 91.3 Å². The topological polar surface area (TPSA) is 51.8 Å². The van der Waals surface area contributed by atoms with Crippen LogP contribution in [0.1, 0.15) is 49.7 Å². The lowest BCUT2D eigenvalue weighted by molar-refractivity contribution is 0.755. The Morgan fingerprint density at radius 2 is 0.740 bits per heavy atom. The fourth-order valence-corrected chi connectivity index (χ4v) is 16.8. The Morgan fingerprint density at radius 1 is 0.351 bits per heavy atom. The number of aromatic nitrogens is 5. The lowest BCUT2D eigenvalue weighted by Crippen LogP contribution is -2.77. The summed E-state index contributed by atoms with van der Waals surface area (Å²) in [6.45, 7) is 0. The Hall–Kier alpha value is -9.95. The second-order valence-electron chi connectivity index (χ2n) is 18.7. The van der Waals surface area contributed by atoms with Crippen molar-refractivity contribution < 1.29 is 27.4 Å². The van der Waals surface area contributed by atoms with Crippen LogP contribution in [0.3, 0.4) is 0 Å². The summed E-state index contributed by atoms with van der Waals surface area (Å²) >= 11 is 0. The number of benzene rings is 11. The van der Waals surface area contributed by atoms with Crippen molar-refractivity contribution in [2.24, 2.45) is 0 Å². The fourth-order valence-electron chi connectivity index (χ4n) is 12.2. The average Bonchev–Trinajstić information content (AvgIpc) is 1.67. The van der Waals surface area contributed by atoms with E-state index in [4.69, 9.17) is 25.9 Å². The molecule has 360 valence electrons. The second-order valence-corrected chi connectivity index (χ2v) is 22.3. The number of para-hydroxylation sites is 6. The molecule has 1 aliphatic heterocycles. The van der Waals surface area contributed by atoms with Crippen molar-refractivity contribution >= 4 is 78.8 Å². The highest BCUT2D eigenvalue weighted by Gasteiger charge is 2.56. The first-order valence-corrected chi connectivity index (χ1v) is 26.7. The second kappa shape index (κ2) is 16.8. The molecule has 0 amide bonds. The first-order valence-electron chi connectivity index (χ1n) is 34.7. The van der Waals surface area contributed by atoms with Crippen molar-refractivity contribution in [3.8, 4) is 34.4 Å². The quantitative estimate of drug-likeness (QED) is 0.118. The molecule has 2 aliphatic rings. The molecule has 4 heterocycles. The van der Waals surface area contributed by atoms with E-state index in [1.54, 1.807) is 0 Å². The lowest BCUT2D eigenvalue weighted by Gasteiger charge is -2.52. The monoisotopic (exact) mass is 1020 g/mol. The molecule has 0 fully saturated rings. The van der Waals surface area contributed by atoms with E-state index in [2.05, 4.69) is 41.0 Å². The van der Waals surface area contributed by atoms with E-state index in [9.17, 15) is 16.4 Å². The van der Waals surface area contributed by atoms with Gasteiger partial charge in [0.25, 0.3) is 8.24 Å². The maximum absolute atomic E-state index is 11.2. The molecule has 1 aliphatic carbocycles. The highest BCUT2D eigenvalue weighted by molar-refractivity contribution is 7.14. The predicted octanol–water partition coefficient (Wildman–Crippen LogP) is 14.2. The SMILES string of the molecule is [2H]c1c([2H])c(-c2nc(-n3c4c([2H])c([2H])c([2H])c([2H])c4c4c([2H])c([2H])c([2H])c([2H])c43)nc(-n3c4c([2H])c([2H])c([2H])c([2H])c4c4c([2H])c([2H])c([2H])c([2H])c43)n2)c([2H])c([Si](c2ccccc2)(c2ccccc2)N2c3ccccc3C3(c4ccccc4-c4ccccc43)c3ccccc32)c1[2H]. The number of hydrogen-bond donors (Lipinski definition) is 0. The molecule has 6 nitrogen and oxygen atoms in total. The Morgan fingerprint density at radius 3 is 1.19 bits per heavy atom. The molecule has 0 radical (unpaired) electrons. The normalized spacial score (nSPS) is 16.9. The summed E-state index contributed by atoms with van der Waals surface area (Å²) in [6.07, 6.45) is 0. The molecule has 77 heavy (non-hydrogen) atoms. The molecule has 1 spiro atoms. The van der Waals surface area contributed by atoms with Crippen LogP contribution in [0, 0.1) is 0 Å². The lowest BCUT2D eigenvalue weighted by atomic mass is 9.65. The van der Waals surface area contributed by atoms with Crippen molar-refractivity contribution in [3.05, 3.63) is 301 Å². The third-order valence-corrected chi connectivity index (χ3v) is 19.5. The van der Waals surface area contributed by atoms with Gasteiger partial charge in [-0.3, -0.25) is 9.13 Å². The van der Waals surface area contributed by atoms with Crippen LogP contribution in [0.25, 0.3) is 78.0 Å². The highest BCUT2D eigenvalue weighted by atomic mass is 28.3. The van der Waals surface area contributed by atoms with E-state index in [0.717, 1.165) is 42.5 Å². The van der Waals surface area contributed by atoms with Gasteiger partial charge in [-0.25, -0.2) is 0 Å². The van der Waals surface area contributed by atoms with Gasteiger partial charge in [-0.2, -0.15) is 15.0 Å². The first-order chi connectivity index (χ1) is 46.5. The van der Waals surface area contributed by atoms with Crippen molar-refractivity contribution in [1.29, 1.82) is 0 Å². The first kappa shape index (κ1) is 28.1. The van der Waals surface area contributed by atoms with Crippen LogP contribution in [0.4, 0.5) is 11.4 Å². The minimum Gasteiger partial charge on any atom is -0.356 e. The Bertz CT molecular complexity index is 5420. The van der Waals surface area contributed by atoms with Crippen molar-refractivity contribution in [2.75, 3.05) is 4.57 Å². The number of anilines is 2. The van der Waals surface area contributed by atoms with Gasteiger partial charge in [-0.15, -0.1) is 0 Å². The zero-order valence-corrected chi connectivity index (χ0v) is 41.2. The minimum absolute atomic E-state index is 0.0580. The summed E-state index contributed by atoms with van der Waals surface area (Å²) < 4.78 is 193. The van der Waals surface area contributed by atoms with Gasteiger partial charge in [0.15, 0.2) is 5.82 Å². The molecule has 7 heteroatoms. The van der Waals surface area contributed by atoms with E-state index < -0.39 is 201 Å². The van der Waals surface area contributed by atoms with Gasteiger partial charge >= 0.3 is 0 Å². The zero-order valence-electron chi connectivity index (χ0n) is 60.2. The molecule has 0 bridgehead atoms. The van der Waals surface area contributed by atoms with Crippen LogP contribution in [0.2, 0.25) is 0 Å². The molecule has 0 atom stereocenters. The molecule has 16 rings (SSSR count). The van der Waals surface area contributed by atoms with Crippen LogP contribution in [0.5, 0.6) is 0 Å². The van der Waals surface area contributed by atoms with Gasteiger partial charge in [0.05, 0.1) is 54.9 Å². The summed E-state index contributed by atoms with van der Waals surface area (Å²) in [6, 6.07) is 36.3. The predicted molar refractivity (Wildman–Crippen MR) is 317 cm³/mol. The van der Waals surface area contributed by atoms with Crippen LogP contribution in [-0.2, 0) is 5.41 Å². The summed E-state index contributed by atoms with van der Waals surface area (Å²) in [5, 5.41) is -0.438. The zero-order chi connectivity index (χ0) is 68.1. The molecular formula is C70H46N6Si. The Kier molecular flexibility index (Phi) is 6.12. The third-order valence-electron chi connectivity index (χ3n) is 15.1. The van der Waals surface area contributed by atoms with E-state index >= 15 is 0 Å². The van der Waals surface area contributed by atoms with Crippen molar-refractivity contribution in [3.63, 3.8) is 0 Å². The summed E-state index contributed by atoms with van der Waals surface area (Å²) in [5.74, 6) is -2.19. The Labute approximate surface area is 474 Å². The summed E-state index contributed by atoms with van der Waals surface area (Å²) in [5.41, 5.74) is 3.70. The Balaban J connectivity index is 1.10.